The molecule has 24 heavy (non-hydrogen) atoms. The van der Waals surface area contributed by atoms with Crippen LogP contribution in [0.5, 0.6) is 0 Å². The van der Waals surface area contributed by atoms with Gasteiger partial charge in [0.25, 0.3) is 5.91 Å². The van der Waals surface area contributed by atoms with Crippen molar-refractivity contribution >= 4 is 68.8 Å². The van der Waals surface area contributed by atoms with Crippen molar-refractivity contribution in [3.05, 3.63) is 67.4 Å². The van der Waals surface area contributed by atoms with E-state index in [2.05, 4.69) is 10.3 Å². The molecule has 0 aliphatic heterocycles. The van der Waals surface area contributed by atoms with E-state index in [-0.39, 0.29) is 5.91 Å². The fourth-order valence-electron chi connectivity index (χ4n) is 1.93. The zero-order valence-electron chi connectivity index (χ0n) is 11.8. The summed E-state index contributed by atoms with van der Waals surface area (Å²) in [6.45, 7) is 0. The second-order valence-corrected chi connectivity index (χ2v) is 7.24. The Morgan fingerprint density at radius 2 is 1.58 bits per heavy atom. The van der Waals surface area contributed by atoms with Crippen LogP contribution in [0.1, 0.15) is 10.4 Å². The molecule has 0 radical (unpaired) electrons. The topological polar surface area (TPSA) is 42.0 Å². The lowest BCUT2D eigenvalue weighted by molar-refractivity contribution is 0.102. The number of thiazole rings is 1. The molecule has 0 atom stereocenters. The second-order valence-electron chi connectivity index (χ2n) is 4.75. The molecule has 0 saturated heterocycles. The van der Waals surface area contributed by atoms with Gasteiger partial charge in [-0.2, -0.15) is 0 Å². The molecular weight excluding hydrogens is 410 g/mol. The molecular formula is C16H8Cl4N2OS. The van der Waals surface area contributed by atoms with E-state index in [4.69, 9.17) is 46.4 Å². The average molecular weight is 418 g/mol. The Labute approximate surface area is 162 Å². The molecule has 1 amide bonds. The number of aromatic nitrogens is 1. The lowest BCUT2D eigenvalue weighted by Gasteiger charge is -2.03. The molecule has 0 fully saturated rings. The molecule has 3 nitrogen and oxygen atoms in total. The van der Waals surface area contributed by atoms with Crippen LogP contribution in [-0.2, 0) is 0 Å². The van der Waals surface area contributed by atoms with Gasteiger partial charge in [0.2, 0.25) is 0 Å². The number of anilines is 1. The number of carbonyl (C=O) groups is 1. The highest BCUT2D eigenvalue weighted by Gasteiger charge is 2.12. The number of rotatable bonds is 3. The standard InChI is InChI=1S/C16H8Cl4N2OS/c17-10-3-1-8(5-12(10)19)14-7-24-16(21-14)22-15(23)9-2-4-11(18)13(20)6-9/h1-7H,(H,21,22,23). The van der Waals surface area contributed by atoms with Gasteiger partial charge < -0.3 is 0 Å². The summed E-state index contributed by atoms with van der Waals surface area (Å²) in [7, 11) is 0. The average Bonchev–Trinajstić information content (AvgIpc) is 3.01. The Morgan fingerprint density at radius 3 is 2.25 bits per heavy atom. The normalized spacial score (nSPS) is 10.7. The van der Waals surface area contributed by atoms with Crippen LogP contribution in [0.4, 0.5) is 5.13 Å². The quantitative estimate of drug-likeness (QED) is 0.516. The van der Waals surface area contributed by atoms with Crippen LogP contribution < -0.4 is 5.32 Å². The number of amides is 1. The van der Waals surface area contributed by atoms with Crippen molar-refractivity contribution in [2.45, 2.75) is 0 Å². The molecule has 0 unspecified atom stereocenters. The van der Waals surface area contributed by atoms with Crippen LogP contribution in [0.25, 0.3) is 11.3 Å². The molecule has 0 bridgehead atoms. The maximum atomic E-state index is 12.2. The summed E-state index contributed by atoms with van der Waals surface area (Å²) in [4.78, 5) is 16.6. The highest BCUT2D eigenvalue weighted by Crippen LogP contribution is 2.31. The first kappa shape index (κ1) is 17.5. The Bertz CT molecular complexity index is 926. The minimum atomic E-state index is -0.316. The van der Waals surface area contributed by atoms with E-state index in [9.17, 15) is 4.79 Å². The zero-order valence-corrected chi connectivity index (χ0v) is 15.7. The van der Waals surface area contributed by atoms with E-state index in [1.807, 2.05) is 11.4 Å². The van der Waals surface area contributed by atoms with Crippen molar-refractivity contribution in [2.75, 3.05) is 5.32 Å². The molecule has 1 aromatic heterocycles. The first-order valence-corrected chi connectivity index (χ1v) is 9.00. The van der Waals surface area contributed by atoms with E-state index < -0.39 is 0 Å². The molecule has 122 valence electrons. The largest absolute Gasteiger partial charge is 0.298 e. The first-order valence-electron chi connectivity index (χ1n) is 6.61. The SMILES string of the molecule is O=C(Nc1nc(-c2ccc(Cl)c(Cl)c2)cs1)c1ccc(Cl)c(Cl)c1. The smallest absolute Gasteiger partial charge is 0.257 e. The van der Waals surface area contributed by atoms with Gasteiger partial charge in [0, 0.05) is 16.5 Å². The zero-order chi connectivity index (χ0) is 17.3. The molecule has 3 rings (SSSR count). The van der Waals surface area contributed by atoms with Gasteiger partial charge in [-0.05, 0) is 30.3 Å². The van der Waals surface area contributed by atoms with E-state index in [0.717, 1.165) is 5.56 Å². The summed E-state index contributed by atoms with van der Waals surface area (Å²) < 4.78 is 0. The van der Waals surface area contributed by atoms with Gasteiger partial charge in [-0.25, -0.2) is 4.98 Å². The summed E-state index contributed by atoms with van der Waals surface area (Å²) in [6.07, 6.45) is 0. The van der Waals surface area contributed by atoms with Crippen LogP contribution in [0.15, 0.2) is 41.8 Å². The van der Waals surface area contributed by atoms with Gasteiger partial charge in [-0.1, -0.05) is 52.5 Å². The van der Waals surface area contributed by atoms with Crippen LogP contribution >= 0.6 is 57.7 Å². The van der Waals surface area contributed by atoms with E-state index >= 15 is 0 Å². The summed E-state index contributed by atoms with van der Waals surface area (Å²) in [5, 5.41) is 6.65. The predicted molar refractivity (Wildman–Crippen MR) is 102 cm³/mol. The number of hydrogen-bond acceptors (Lipinski definition) is 3. The number of carbonyl (C=O) groups excluding carboxylic acids is 1. The summed E-state index contributed by atoms with van der Waals surface area (Å²) >= 11 is 25.0. The van der Waals surface area contributed by atoms with Gasteiger partial charge >= 0.3 is 0 Å². The molecule has 8 heteroatoms. The van der Waals surface area contributed by atoms with Gasteiger partial charge in [0.05, 0.1) is 25.8 Å². The van der Waals surface area contributed by atoms with Gasteiger partial charge in [-0.15, -0.1) is 11.3 Å². The Balaban J connectivity index is 1.79. The van der Waals surface area contributed by atoms with Crippen LogP contribution in [0.2, 0.25) is 20.1 Å². The monoisotopic (exact) mass is 416 g/mol. The molecule has 0 saturated carbocycles. The lowest BCUT2D eigenvalue weighted by Crippen LogP contribution is -2.11. The van der Waals surface area contributed by atoms with Gasteiger partial charge in [-0.3, -0.25) is 10.1 Å². The van der Waals surface area contributed by atoms with E-state index in [1.165, 1.54) is 17.4 Å². The number of benzene rings is 2. The Kier molecular flexibility index (Phi) is 5.33. The minimum absolute atomic E-state index is 0.316. The molecule has 3 aromatic rings. The summed E-state index contributed by atoms with van der Waals surface area (Å²) in [5.74, 6) is -0.316. The summed E-state index contributed by atoms with van der Waals surface area (Å²) in [5.41, 5.74) is 1.91. The van der Waals surface area contributed by atoms with Crippen LogP contribution in [0, 0.1) is 0 Å². The van der Waals surface area contributed by atoms with Crippen molar-refractivity contribution in [3.8, 4) is 11.3 Å². The third-order valence-corrected chi connectivity index (χ3v) is 5.36. The predicted octanol–water partition coefficient (Wildman–Crippen LogP) is 6.68. The highest BCUT2D eigenvalue weighted by molar-refractivity contribution is 7.14. The fraction of sp³-hybridized carbons (Fsp3) is 0. The highest BCUT2D eigenvalue weighted by atomic mass is 35.5. The van der Waals surface area contributed by atoms with Crippen molar-refractivity contribution in [1.82, 2.24) is 4.98 Å². The van der Waals surface area contributed by atoms with Crippen molar-refractivity contribution in [3.63, 3.8) is 0 Å². The first-order chi connectivity index (χ1) is 11.4. The van der Waals surface area contributed by atoms with Gasteiger partial charge in [0.15, 0.2) is 5.13 Å². The molecule has 0 aliphatic rings. The molecule has 1 N–H and O–H groups in total. The maximum absolute atomic E-state index is 12.2. The van der Waals surface area contributed by atoms with Crippen molar-refractivity contribution < 1.29 is 4.79 Å². The maximum Gasteiger partial charge on any atom is 0.257 e. The van der Waals surface area contributed by atoms with Gasteiger partial charge in [0.1, 0.15) is 0 Å². The minimum Gasteiger partial charge on any atom is -0.298 e. The third kappa shape index (κ3) is 3.85. The lowest BCUT2D eigenvalue weighted by atomic mass is 10.2. The van der Waals surface area contributed by atoms with E-state index in [0.29, 0.717) is 36.5 Å². The van der Waals surface area contributed by atoms with E-state index in [1.54, 1.807) is 24.3 Å². The molecule has 2 aromatic carbocycles. The molecule has 0 aliphatic carbocycles. The fourth-order valence-corrected chi connectivity index (χ4v) is 3.24. The number of hydrogen-bond donors (Lipinski definition) is 1. The second kappa shape index (κ2) is 7.30. The van der Waals surface area contributed by atoms with Crippen LogP contribution in [-0.4, -0.2) is 10.9 Å². The summed E-state index contributed by atoms with van der Waals surface area (Å²) in [6, 6.07) is 9.91. The third-order valence-electron chi connectivity index (χ3n) is 3.12. The van der Waals surface area contributed by atoms with Crippen molar-refractivity contribution in [1.29, 1.82) is 0 Å². The van der Waals surface area contributed by atoms with Crippen LogP contribution in [0.3, 0.4) is 0 Å². The van der Waals surface area contributed by atoms with Crippen molar-refractivity contribution in [2.24, 2.45) is 0 Å². The number of nitrogens with one attached hydrogen (secondary N) is 1. The Hall–Kier alpha value is -1.30. The molecule has 1 heterocycles. The number of nitrogens with zero attached hydrogens (tertiary/aromatic N) is 1. The molecule has 0 spiro atoms. The number of halogens is 4. The Morgan fingerprint density at radius 1 is 0.917 bits per heavy atom.